The van der Waals surface area contributed by atoms with Crippen LogP contribution < -0.4 is 10.3 Å². The van der Waals surface area contributed by atoms with Crippen LogP contribution in [0, 0.1) is 19.3 Å². The third-order valence-electron chi connectivity index (χ3n) is 5.15. The molecule has 0 unspecified atom stereocenters. The van der Waals surface area contributed by atoms with E-state index in [0.717, 1.165) is 49.0 Å². The number of rotatable bonds is 6. The van der Waals surface area contributed by atoms with Crippen LogP contribution in [-0.2, 0) is 19.5 Å². The van der Waals surface area contributed by atoms with E-state index in [-0.39, 0.29) is 5.56 Å². The summed E-state index contributed by atoms with van der Waals surface area (Å²) >= 11 is 6.18. The van der Waals surface area contributed by atoms with Gasteiger partial charge in [-0.25, -0.2) is 4.68 Å². The van der Waals surface area contributed by atoms with Crippen LogP contribution in [0.2, 0.25) is 5.02 Å². The maximum absolute atomic E-state index is 12.9. The van der Waals surface area contributed by atoms with Crippen LogP contribution in [0.1, 0.15) is 64.0 Å². The predicted octanol–water partition coefficient (Wildman–Crippen LogP) is 6.65. The number of halogens is 1. The van der Waals surface area contributed by atoms with Gasteiger partial charge in [0.05, 0.1) is 7.11 Å². The molecule has 1 aliphatic rings. The molecule has 0 radical (unpaired) electrons. The predicted molar refractivity (Wildman–Crippen MR) is 133 cm³/mol. The normalized spacial score (nSPS) is 11.8. The number of aryl methyl sites for hydroxylation is 2. The molecule has 5 heteroatoms. The standard InChI is InChI=1S/C17H21ClN2O2.C6H12.C3H4/c1-4-12-10-13(18)9-11(2)14(12)15-16(21)19-7-5-6-8-20(19)17(15)22-3;1-3-5-6-4-2;1-3-2/h9-10H,4-8H2,1-3H3;3H,1,4-6H2,2H3;1H,2H3. The van der Waals surface area contributed by atoms with Gasteiger partial charge in [0.25, 0.3) is 5.56 Å². The fourth-order valence-corrected chi connectivity index (χ4v) is 4.05. The van der Waals surface area contributed by atoms with Gasteiger partial charge in [-0.1, -0.05) is 44.4 Å². The molecule has 4 nitrogen and oxygen atoms in total. The summed E-state index contributed by atoms with van der Waals surface area (Å²) in [6.07, 6.45) is 13.2. The Morgan fingerprint density at radius 3 is 2.32 bits per heavy atom. The van der Waals surface area contributed by atoms with E-state index in [1.165, 1.54) is 19.3 Å². The Bertz CT molecular complexity index is 948. The van der Waals surface area contributed by atoms with Crippen molar-refractivity contribution in [1.82, 2.24) is 9.36 Å². The second-order valence-corrected chi connectivity index (χ2v) is 7.91. The van der Waals surface area contributed by atoms with Crippen molar-refractivity contribution in [3.8, 4) is 29.4 Å². The summed E-state index contributed by atoms with van der Waals surface area (Å²) < 4.78 is 9.40. The van der Waals surface area contributed by atoms with E-state index in [9.17, 15) is 4.79 Å². The number of nitrogens with zero attached hydrogens (tertiary/aromatic N) is 2. The Kier molecular flexibility index (Phi) is 11.9. The number of hydrogen-bond acceptors (Lipinski definition) is 2. The lowest BCUT2D eigenvalue weighted by molar-refractivity contribution is 0.293. The summed E-state index contributed by atoms with van der Waals surface area (Å²) in [6, 6.07) is 3.86. The van der Waals surface area contributed by atoms with E-state index >= 15 is 0 Å². The zero-order valence-electron chi connectivity index (χ0n) is 19.8. The van der Waals surface area contributed by atoms with Crippen LogP contribution in [0.3, 0.4) is 0 Å². The molecule has 1 aliphatic heterocycles. The highest BCUT2D eigenvalue weighted by Gasteiger charge is 2.26. The zero-order valence-corrected chi connectivity index (χ0v) is 20.5. The number of ether oxygens (including phenoxy) is 1. The second-order valence-electron chi connectivity index (χ2n) is 7.47. The molecule has 0 atom stereocenters. The Morgan fingerprint density at radius 2 is 1.84 bits per heavy atom. The zero-order chi connectivity index (χ0) is 23.4. The molecule has 1 aromatic heterocycles. The molecule has 170 valence electrons. The molecule has 3 rings (SSSR count). The molecular formula is C26H37ClN2O2. The summed E-state index contributed by atoms with van der Waals surface area (Å²) in [5, 5.41) is 0.709. The van der Waals surface area contributed by atoms with Gasteiger partial charge in [0.1, 0.15) is 5.56 Å². The maximum Gasteiger partial charge on any atom is 0.278 e. The molecule has 2 heterocycles. The number of benzene rings is 1. The van der Waals surface area contributed by atoms with Crippen molar-refractivity contribution < 1.29 is 4.74 Å². The van der Waals surface area contributed by atoms with Gasteiger partial charge in [-0.05, 0) is 68.4 Å². The lowest BCUT2D eigenvalue weighted by Crippen LogP contribution is -2.27. The molecule has 2 aromatic rings. The highest BCUT2D eigenvalue weighted by molar-refractivity contribution is 6.30. The molecular weight excluding hydrogens is 408 g/mol. The summed E-state index contributed by atoms with van der Waals surface area (Å²) in [7, 11) is 1.64. The number of unbranched alkanes of at least 4 members (excludes halogenated alkanes) is 2. The maximum atomic E-state index is 12.9. The molecule has 0 amide bonds. The lowest BCUT2D eigenvalue weighted by Gasteiger charge is -2.18. The Morgan fingerprint density at radius 1 is 1.23 bits per heavy atom. The molecule has 0 saturated carbocycles. The molecule has 0 aliphatic carbocycles. The fourth-order valence-electron chi connectivity index (χ4n) is 3.76. The van der Waals surface area contributed by atoms with E-state index in [2.05, 4.69) is 32.8 Å². The van der Waals surface area contributed by atoms with Crippen molar-refractivity contribution >= 4 is 11.6 Å². The minimum absolute atomic E-state index is 0.0386. The van der Waals surface area contributed by atoms with Gasteiger partial charge in [0.15, 0.2) is 0 Å². The quantitative estimate of drug-likeness (QED) is 0.284. The van der Waals surface area contributed by atoms with Gasteiger partial charge < -0.3 is 4.74 Å². The van der Waals surface area contributed by atoms with Gasteiger partial charge in [-0.15, -0.1) is 18.9 Å². The van der Waals surface area contributed by atoms with Crippen LogP contribution >= 0.6 is 11.6 Å². The number of allylic oxidation sites excluding steroid dienone is 1. The largest absolute Gasteiger partial charge is 0.481 e. The fraction of sp³-hybridized carbons (Fsp3) is 0.500. The first-order chi connectivity index (χ1) is 14.9. The SMILES string of the molecule is C#CC.C=CCCCC.CCc1cc(Cl)cc(C)c1-c1c(OC)n2n(c1=O)CCCC2. The van der Waals surface area contributed by atoms with Crippen LogP contribution in [-0.4, -0.2) is 16.5 Å². The van der Waals surface area contributed by atoms with Crippen molar-refractivity contribution in [2.45, 2.75) is 79.3 Å². The topological polar surface area (TPSA) is 36.2 Å². The molecule has 31 heavy (non-hydrogen) atoms. The average Bonchev–Trinajstić information content (AvgIpc) is 3.04. The lowest BCUT2D eigenvalue weighted by atomic mass is 9.95. The molecule has 0 saturated heterocycles. The van der Waals surface area contributed by atoms with E-state index < -0.39 is 0 Å². The van der Waals surface area contributed by atoms with Gasteiger partial charge in [0.2, 0.25) is 5.88 Å². The average molecular weight is 445 g/mol. The Hall–Kier alpha value is -2.38. The van der Waals surface area contributed by atoms with Gasteiger partial charge in [-0.2, -0.15) is 0 Å². The molecule has 0 spiro atoms. The second kappa shape index (κ2) is 13.8. The van der Waals surface area contributed by atoms with Crippen molar-refractivity contribution in [2.24, 2.45) is 0 Å². The van der Waals surface area contributed by atoms with Crippen molar-refractivity contribution in [3.63, 3.8) is 0 Å². The van der Waals surface area contributed by atoms with Crippen LogP contribution in [0.25, 0.3) is 11.1 Å². The molecule has 0 bridgehead atoms. The van der Waals surface area contributed by atoms with Crippen molar-refractivity contribution in [2.75, 3.05) is 7.11 Å². The number of hydrogen-bond donors (Lipinski definition) is 0. The van der Waals surface area contributed by atoms with Crippen LogP contribution in [0.4, 0.5) is 0 Å². The first-order valence-corrected chi connectivity index (χ1v) is 11.4. The van der Waals surface area contributed by atoms with Gasteiger partial charge in [-0.3, -0.25) is 9.48 Å². The highest BCUT2D eigenvalue weighted by Crippen LogP contribution is 2.35. The van der Waals surface area contributed by atoms with Crippen molar-refractivity contribution in [3.05, 3.63) is 51.3 Å². The first kappa shape index (κ1) is 26.7. The summed E-state index contributed by atoms with van der Waals surface area (Å²) in [5.74, 6) is 2.92. The number of aromatic nitrogens is 2. The molecule has 1 aromatic carbocycles. The molecule has 0 N–H and O–H groups in total. The van der Waals surface area contributed by atoms with E-state index in [4.69, 9.17) is 16.3 Å². The first-order valence-electron chi connectivity index (χ1n) is 11.1. The Labute approximate surface area is 192 Å². The van der Waals surface area contributed by atoms with E-state index in [1.54, 1.807) is 14.0 Å². The molecule has 0 fully saturated rings. The summed E-state index contributed by atoms with van der Waals surface area (Å²) in [4.78, 5) is 12.9. The summed E-state index contributed by atoms with van der Waals surface area (Å²) in [6.45, 7) is 13.1. The van der Waals surface area contributed by atoms with Gasteiger partial charge >= 0.3 is 0 Å². The number of terminal acetylenes is 1. The van der Waals surface area contributed by atoms with Crippen molar-refractivity contribution in [1.29, 1.82) is 0 Å². The number of fused-ring (bicyclic) bond motifs is 1. The van der Waals surface area contributed by atoms with Crippen LogP contribution in [0.5, 0.6) is 5.88 Å². The summed E-state index contributed by atoms with van der Waals surface area (Å²) in [5.41, 5.74) is 3.79. The minimum atomic E-state index is 0.0386. The monoisotopic (exact) mass is 444 g/mol. The van der Waals surface area contributed by atoms with E-state index in [0.29, 0.717) is 16.5 Å². The van der Waals surface area contributed by atoms with E-state index in [1.807, 2.05) is 34.5 Å². The minimum Gasteiger partial charge on any atom is -0.481 e. The number of methoxy groups -OCH3 is 1. The smallest absolute Gasteiger partial charge is 0.278 e. The van der Waals surface area contributed by atoms with Crippen LogP contribution in [0.15, 0.2) is 29.6 Å². The highest BCUT2D eigenvalue weighted by atomic mass is 35.5. The Balaban J connectivity index is 0.000000455. The third kappa shape index (κ3) is 6.80. The third-order valence-corrected chi connectivity index (χ3v) is 5.36. The van der Waals surface area contributed by atoms with Gasteiger partial charge in [0, 0.05) is 18.1 Å².